The third-order valence-electron chi connectivity index (χ3n) is 1.38. The van der Waals surface area contributed by atoms with Gasteiger partial charge in [-0.25, -0.2) is 18.4 Å². The zero-order valence-corrected chi connectivity index (χ0v) is 10.1. The normalized spacial score (nSPS) is 11.3. The Bertz CT molecular complexity index is 475. The van der Waals surface area contributed by atoms with Crippen molar-refractivity contribution in [2.75, 3.05) is 11.5 Å². The first kappa shape index (κ1) is 13.1. The van der Waals surface area contributed by atoms with Gasteiger partial charge in [-0.05, 0) is 0 Å². The summed E-state index contributed by atoms with van der Waals surface area (Å²) < 4.78 is 21.2. The second-order valence-corrected chi connectivity index (χ2v) is 6.53. The minimum Gasteiger partial charge on any atom is -0.258 e. The number of rotatable bonds is 5. The summed E-state index contributed by atoms with van der Waals surface area (Å²) in [6.07, 6.45) is 2.12. The Morgan fingerprint density at radius 3 is 2.44 bits per heavy atom. The number of hydrogen-bond acceptors (Lipinski definition) is 7. The van der Waals surface area contributed by atoms with Crippen molar-refractivity contribution < 1.29 is 13.3 Å². The highest BCUT2D eigenvalue weighted by Gasteiger charge is 2.09. The molecule has 0 saturated heterocycles. The first-order valence-corrected chi connectivity index (χ1v) is 7.36. The van der Waals surface area contributed by atoms with Gasteiger partial charge in [-0.3, -0.25) is 10.1 Å². The molecule has 0 aromatic carbocycles. The Hall–Kier alpha value is -0.930. The van der Waals surface area contributed by atoms with Gasteiger partial charge in [0.05, 0.1) is 10.7 Å². The van der Waals surface area contributed by atoms with E-state index >= 15 is 0 Å². The molecule has 0 unspecified atom stereocenters. The minimum atomic E-state index is -3.53. The van der Waals surface area contributed by atoms with Crippen LogP contribution in [-0.2, 0) is 9.05 Å². The summed E-state index contributed by atoms with van der Waals surface area (Å²) in [6, 6.07) is 0. The Kier molecular flexibility index (Phi) is 4.44. The van der Waals surface area contributed by atoms with Crippen LogP contribution in [0.3, 0.4) is 0 Å². The summed E-state index contributed by atoms with van der Waals surface area (Å²) in [5.41, 5.74) is -0.214. The second-order valence-electron chi connectivity index (χ2n) is 2.57. The van der Waals surface area contributed by atoms with E-state index in [1.807, 2.05) is 0 Å². The molecular formula is C6H6ClN3O4S2. The molecule has 16 heavy (non-hydrogen) atoms. The molecule has 88 valence electrons. The molecule has 0 N–H and O–H groups in total. The topological polar surface area (TPSA) is 103 Å². The molecule has 10 heteroatoms. The van der Waals surface area contributed by atoms with Gasteiger partial charge in [0, 0.05) is 16.4 Å². The van der Waals surface area contributed by atoms with E-state index in [2.05, 4.69) is 9.97 Å². The molecule has 0 amide bonds. The first-order chi connectivity index (χ1) is 7.38. The second kappa shape index (κ2) is 5.41. The van der Waals surface area contributed by atoms with Crippen LogP contribution in [0.4, 0.5) is 5.69 Å². The average molecular weight is 284 g/mol. The van der Waals surface area contributed by atoms with Gasteiger partial charge in [-0.2, -0.15) is 0 Å². The van der Waals surface area contributed by atoms with Crippen molar-refractivity contribution in [3.05, 3.63) is 22.5 Å². The molecule has 0 saturated carbocycles. The lowest BCUT2D eigenvalue weighted by Crippen LogP contribution is -2.00. The van der Waals surface area contributed by atoms with Crippen LogP contribution in [0.1, 0.15) is 0 Å². The third-order valence-corrected chi connectivity index (χ3v) is 3.67. The average Bonchev–Trinajstić information content (AvgIpc) is 2.16. The zero-order chi connectivity index (χ0) is 12.2. The van der Waals surface area contributed by atoms with E-state index in [0.717, 1.165) is 24.2 Å². The fraction of sp³-hybridized carbons (Fsp3) is 0.333. The van der Waals surface area contributed by atoms with Gasteiger partial charge < -0.3 is 0 Å². The Morgan fingerprint density at radius 1 is 1.44 bits per heavy atom. The van der Waals surface area contributed by atoms with E-state index in [0.29, 0.717) is 0 Å². The van der Waals surface area contributed by atoms with Crippen molar-refractivity contribution in [3.8, 4) is 0 Å². The minimum absolute atomic E-state index is 0.198. The van der Waals surface area contributed by atoms with E-state index in [1.165, 1.54) is 0 Å². The predicted molar refractivity (Wildman–Crippen MR) is 59.1 cm³/mol. The number of thioether (sulfide) groups is 1. The van der Waals surface area contributed by atoms with Gasteiger partial charge in [-0.15, -0.1) is 0 Å². The van der Waals surface area contributed by atoms with Gasteiger partial charge >= 0.3 is 5.69 Å². The fourth-order valence-electron chi connectivity index (χ4n) is 0.711. The lowest BCUT2D eigenvalue weighted by Gasteiger charge is -1.97. The molecule has 0 fully saturated rings. The summed E-state index contributed by atoms with van der Waals surface area (Å²) in [7, 11) is 1.47. The molecule has 0 aliphatic rings. The lowest BCUT2D eigenvalue weighted by molar-refractivity contribution is -0.385. The summed E-state index contributed by atoms with van der Waals surface area (Å²) in [4.78, 5) is 17.0. The van der Waals surface area contributed by atoms with E-state index in [-0.39, 0.29) is 22.3 Å². The van der Waals surface area contributed by atoms with Crippen molar-refractivity contribution in [2.24, 2.45) is 0 Å². The van der Waals surface area contributed by atoms with Crippen LogP contribution in [0, 0.1) is 10.1 Å². The Labute approximate surface area is 99.8 Å². The van der Waals surface area contributed by atoms with Crippen LogP contribution in [-0.4, -0.2) is 34.8 Å². The molecule has 0 bridgehead atoms. The van der Waals surface area contributed by atoms with E-state index < -0.39 is 14.0 Å². The van der Waals surface area contributed by atoms with Gasteiger partial charge in [0.15, 0.2) is 5.16 Å². The summed E-state index contributed by atoms with van der Waals surface area (Å²) in [6.45, 7) is 0. The highest BCUT2D eigenvalue weighted by atomic mass is 35.7. The van der Waals surface area contributed by atoms with Crippen LogP contribution in [0.15, 0.2) is 17.6 Å². The Morgan fingerprint density at radius 2 is 2.00 bits per heavy atom. The first-order valence-electron chi connectivity index (χ1n) is 3.90. The van der Waals surface area contributed by atoms with E-state index in [1.54, 1.807) is 0 Å². The molecule has 1 aromatic rings. The van der Waals surface area contributed by atoms with Crippen LogP contribution in [0.5, 0.6) is 0 Å². The number of aromatic nitrogens is 2. The maximum Gasteiger partial charge on any atom is 0.305 e. The van der Waals surface area contributed by atoms with Crippen molar-refractivity contribution in [1.82, 2.24) is 9.97 Å². The molecule has 1 rings (SSSR count). The van der Waals surface area contributed by atoms with Crippen LogP contribution in [0.2, 0.25) is 0 Å². The van der Waals surface area contributed by atoms with Gasteiger partial charge in [0.2, 0.25) is 9.05 Å². The highest BCUT2D eigenvalue weighted by molar-refractivity contribution is 8.14. The molecule has 0 spiro atoms. The zero-order valence-electron chi connectivity index (χ0n) is 7.74. The quantitative estimate of drug-likeness (QED) is 0.261. The molecule has 0 atom stereocenters. The van der Waals surface area contributed by atoms with Crippen LogP contribution in [0.25, 0.3) is 0 Å². The molecule has 1 heterocycles. The number of nitro groups is 1. The smallest absolute Gasteiger partial charge is 0.258 e. The maximum atomic E-state index is 10.6. The van der Waals surface area contributed by atoms with Gasteiger partial charge in [0.1, 0.15) is 12.4 Å². The van der Waals surface area contributed by atoms with E-state index in [4.69, 9.17) is 10.7 Å². The standard InChI is InChI=1S/C6H6ClN3O4S2/c7-16(13,14)2-1-15-6-8-3-5(4-9-6)10(11)12/h3-4H,1-2H2. The highest BCUT2D eigenvalue weighted by Crippen LogP contribution is 2.15. The third kappa shape index (κ3) is 4.73. The summed E-state index contributed by atoms with van der Waals surface area (Å²) >= 11 is 1.06. The number of hydrogen-bond donors (Lipinski definition) is 0. The van der Waals surface area contributed by atoms with Crippen molar-refractivity contribution >= 4 is 37.2 Å². The maximum absolute atomic E-state index is 10.6. The number of halogens is 1. The SMILES string of the molecule is O=[N+]([O-])c1cnc(SCCS(=O)(=O)Cl)nc1. The van der Waals surface area contributed by atoms with Gasteiger partial charge in [-0.1, -0.05) is 11.8 Å². The van der Waals surface area contributed by atoms with Crippen molar-refractivity contribution in [3.63, 3.8) is 0 Å². The molecule has 0 radical (unpaired) electrons. The molecule has 0 aliphatic heterocycles. The van der Waals surface area contributed by atoms with Gasteiger partial charge in [0.25, 0.3) is 0 Å². The summed E-state index contributed by atoms with van der Waals surface area (Å²) in [5.74, 6) is -0.0107. The Balaban J connectivity index is 2.53. The summed E-state index contributed by atoms with van der Waals surface area (Å²) in [5, 5.41) is 10.5. The molecule has 7 nitrogen and oxygen atoms in total. The molecule has 0 aliphatic carbocycles. The monoisotopic (exact) mass is 283 g/mol. The predicted octanol–water partition coefficient (Wildman–Crippen LogP) is 1.05. The molecule has 1 aromatic heterocycles. The molecular weight excluding hydrogens is 278 g/mol. The van der Waals surface area contributed by atoms with Crippen molar-refractivity contribution in [1.29, 1.82) is 0 Å². The number of nitrogens with zero attached hydrogens (tertiary/aromatic N) is 3. The van der Waals surface area contributed by atoms with Crippen molar-refractivity contribution in [2.45, 2.75) is 5.16 Å². The van der Waals surface area contributed by atoms with Crippen LogP contribution >= 0.6 is 22.4 Å². The van der Waals surface area contributed by atoms with Crippen LogP contribution < -0.4 is 0 Å². The fourth-order valence-corrected chi connectivity index (χ4v) is 2.84. The largest absolute Gasteiger partial charge is 0.305 e. The van der Waals surface area contributed by atoms with E-state index in [9.17, 15) is 18.5 Å². The lowest BCUT2D eigenvalue weighted by atomic mass is 10.6.